The van der Waals surface area contributed by atoms with E-state index in [1.807, 2.05) is 41.2 Å². The quantitative estimate of drug-likeness (QED) is 0.328. The van der Waals surface area contributed by atoms with E-state index in [9.17, 15) is 5.11 Å². The first kappa shape index (κ1) is 22.0. The Morgan fingerprint density at radius 2 is 1.97 bits per heavy atom. The van der Waals surface area contributed by atoms with Crippen LogP contribution in [0.4, 0.5) is 10.9 Å². The maximum Gasteiger partial charge on any atom is 0.196 e. The van der Waals surface area contributed by atoms with Crippen LogP contribution in [0.5, 0.6) is 5.88 Å². The number of hydrogen-bond acceptors (Lipinski definition) is 8. The summed E-state index contributed by atoms with van der Waals surface area (Å²) in [6.45, 7) is 9.87. The zero-order valence-corrected chi connectivity index (χ0v) is 20.6. The molecule has 3 N–H and O–H groups in total. The molecule has 1 saturated heterocycles. The summed E-state index contributed by atoms with van der Waals surface area (Å²) in [7, 11) is 0. The number of thiazole rings is 1. The average molecular weight is 489 g/mol. The van der Waals surface area contributed by atoms with Crippen LogP contribution >= 0.6 is 11.3 Å². The molecule has 0 atom stereocenters. The van der Waals surface area contributed by atoms with Crippen molar-refractivity contribution in [3.63, 3.8) is 0 Å². The van der Waals surface area contributed by atoms with E-state index in [1.54, 1.807) is 23.7 Å². The molecular weight excluding hydrogens is 460 g/mol. The molecular formula is C25H28N8OS. The lowest BCUT2D eigenvalue weighted by molar-refractivity contribution is 0.105. The number of nitrogens with zero attached hydrogens (tertiary/aromatic N) is 6. The number of piperazine rings is 1. The summed E-state index contributed by atoms with van der Waals surface area (Å²) in [4.78, 5) is 22.9. The van der Waals surface area contributed by atoms with Crippen molar-refractivity contribution in [3.8, 4) is 17.1 Å². The molecule has 0 aliphatic carbocycles. The second-order valence-electron chi connectivity index (χ2n) is 9.21. The van der Waals surface area contributed by atoms with Gasteiger partial charge in [-0.05, 0) is 26.0 Å². The van der Waals surface area contributed by atoms with Crippen LogP contribution in [0.15, 0.2) is 49.2 Å². The number of imidazole rings is 1. The molecule has 0 radical (unpaired) electrons. The lowest BCUT2D eigenvalue weighted by Gasteiger charge is -2.36. The van der Waals surface area contributed by atoms with Crippen molar-refractivity contribution in [2.75, 3.05) is 31.5 Å². The molecule has 1 aliphatic heterocycles. The lowest BCUT2D eigenvalue weighted by Crippen LogP contribution is -2.48. The van der Waals surface area contributed by atoms with Gasteiger partial charge < -0.3 is 15.4 Å². The zero-order chi connectivity index (χ0) is 23.9. The van der Waals surface area contributed by atoms with E-state index in [0.29, 0.717) is 11.9 Å². The van der Waals surface area contributed by atoms with Gasteiger partial charge in [0, 0.05) is 84.8 Å². The summed E-state index contributed by atoms with van der Waals surface area (Å²) in [5.41, 5.74) is 2.65. The fourth-order valence-corrected chi connectivity index (χ4v) is 5.55. The molecule has 5 aromatic rings. The minimum absolute atomic E-state index is 0.178. The van der Waals surface area contributed by atoms with Crippen molar-refractivity contribution >= 4 is 38.7 Å². The summed E-state index contributed by atoms with van der Waals surface area (Å²) >= 11 is 1.66. The van der Waals surface area contributed by atoms with E-state index in [4.69, 9.17) is 0 Å². The third-order valence-electron chi connectivity index (χ3n) is 6.69. The second-order valence-corrected chi connectivity index (χ2v) is 10.3. The van der Waals surface area contributed by atoms with Gasteiger partial charge in [0.2, 0.25) is 0 Å². The van der Waals surface area contributed by atoms with Crippen molar-refractivity contribution in [1.29, 1.82) is 0 Å². The Bertz CT molecular complexity index is 1480. The number of nitrogens with one attached hydrogen (secondary N) is 2. The smallest absolute Gasteiger partial charge is 0.196 e. The molecule has 0 bridgehead atoms. The third-order valence-corrected chi connectivity index (χ3v) is 7.59. The minimum Gasteiger partial charge on any atom is -0.494 e. The first-order valence-electron chi connectivity index (χ1n) is 11.9. The number of rotatable bonds is 6. The van der Waals surface area contributed by atoms with E-state index in [1.165, 1.54) is 4.88 Å². The molecule has 4 aromatic heterocycles. The van der Waals surface area contributed by atoms with E-state index >= 15 is 0 Å². The number of fused-ring (bicyclic) bond motifs is 2. The van der Waals surface area contributed by atoms with Gasteiger partial charge in [-0.1, -0.05) is 6.07 Å². The number of anilines is 2. The van der Waals surface area contributed by atoms with Gasteiger partial charge in [0.1, 0.15) is 0 Å². The van der Waals surface area contributed by atoms with E-state index in [0.717, 1.165) is 65.5 Å². The largest absolute Gasteiger partial charge is 0.494 e. The molecule has 0 spiro atoms. The first-order valence-corrected chi connectivity index (χ1v) is 12.7. The van der Waals surface area contributed by atoms with Crippen molar-refractivity contribution in [3.05, 3.63) is 54.1 Å². The Morgan fingerprint density at radius 1 is 1.11 bits per heavy atom. The Hall–Kier alpha value is -3.47. The molecule has 1 fully saturated rings. The summed E-state index contributed by atoms with van der Waals surface area (Å²) in [6.07, 6.45) is 9.30. The molecule has 1 aromatic carbocycles. The van der Waals surface area contributed by atoms with Gasteiger partial charge in [-0.3, -0.25) is 14.2 Å². The van der Waals surface area contributed by atoms with Gasteiger partial charge in [0.05, 0.1) is 11.9 Å². The van der Waals surface area contributed by atoms with Crippen LogP contribution in [0.3, 0.4) is 0 Å². The topological polar surface area (TPSA) is 97.6 Å². The Labute approximate surface area is 207 Å². The highest BCUT2D eigenvalue weighted by Gasteiger charge is 2.20. The minimum atomic E-state index is 0.178. The van der Waals surface area contributed by atoms with Crippen LogP contribution in [-0.2, 0) is 6.54 Å². The SMILES string of the molecule is CC(C)N1CCN(Cc2cnc(Nc3ncc(-c4ccc5c(O)[nH]cc5c4)n4ccnc34)s2)CC1. The van der Waals surface area contributed by atoms with Gasteiger partial charge in [0.15, 0.2) is 22.5 Å². The van der Waals surface area contributed by atoms with Crippen LogP contribution < -0.4 is 5.32 Å². The molecule has 35 heavy (non-hydrogen) atoms. The monoisotopic (exact) mass is 488 g/mol. The van der Waals surface area contributed by atoms with Crippen LogP contribution in [-0.4, -0.2) is 71.5 Å². The third kappa shape index (κ3) is 4.24. The summed E-state index contributed by atoms with van der Waals surface area (Å²) in [5.74, 6) is 0.850. The maximum absolute atomic E-state index is 9.91. The molecule has 10 heteroatoms. The molecule has 6 rings (SSSR count). The van der Waals surface area contributed by atoms with Crippen LogP contribution in [0.1, 0.15) is 18.7 Å². The fourth-order valence-electron chi connectivity index (χ4n) is 4.70. The van der Waals surface area contributed by atoms with E-state index in [2.05, 4.69) is 48.9 Å². The van der Waals surface area contributed by atoms with Gasteiger partial charge in [-0.15, -0.1) is 11.3 Å². The second kappa shape index (κ2) is 8.95. The van der Waals surface area contributed by atoms with Gasteiger partial charge >= 0.3 is 0 Å². The average Bonchev–Trinajstić information content (AvgIpc) is 3.60. The van der Waals surface area contributed by atoms with Crippen LogP contribution in [0.25, 0.3) is 27.7 Å². The summed E-state index contributed by atoms with van der Waals surface area (Å²) in [5, 5.41) is 15.8. The highest BCUT2D eigenvalue weighted by atomic mass is 32.1. The number of aromatic amines is 1. The fraction of sp³-hybridized carbons (Fsp3) is 0.320. The molecule has 0 unspecified atom stereocenters. The van der Waals surface area contributed by atoms with Crippen molar-refractivity contribution in [2.24, 2.45) is 0 Å². The van der Waals surface area contributed by atoms with Crippen LogP contribution in [0, 0.1) is 0 Å². The number of H-pyrrole nitrogens is 1. The van der Waals surface area contributed by atoms with Crippen molar-refractivity contribution in [2.45, 2.75) is 26.4 Å². The zero-order valence-electron chi connectivity index (χ0n) is 19.8. The molecule has 1 aliphatic rings. The van der Waals surface area contributed by atoms with Crippen molar-refractivity contribution < 1.29 is 5.11 Å². The summed E-state index contributed by atoms with van der Waals surface area (Å²) in [6, 6.07) is 6.53. The van der Waals surface area contributed by atoms with Crippen molar-refractivity contribution in [1.82, 2.24) is 34.1 Å². The molecule has 9 nitrogen and oxygen atoms in total. The summed E-state index contributed by atoms with van der Waals surface area (Å²) < 4.78 is 2.02. The molecule has 5 heterocycles. The molecule has 0 amide bonds. The van der Waals surface area contributed by atoms with Gasteiger partial charge in [0.25, 0.3) is 0 Å². The van der Waals surface area contributed by atoms with Gasteiger partial charge in [-0.25, -0.2) is 15.0 Å². The maximum atomic E-state index is 9.91. The first-order chi connectivity index (χ1) is 17.0. The number of benzene rings is 1. The highest BCUT2D eigenvalue weighted by molar-refractivity contribution is 7.15. The predicted octanol–water partition coefficient (Wildman–Crippen LogP) is 4.31. The van der Waals surface area contributed by atoms with E-state index in [-0.39, 0.29) is 5.88 Å². The van der Waals surface area contributed by atoms with E-state index < -0.39 is 0 Å². The lowest BCUT2D eigenvalue weighted by atomic mass is 10.1. The van der Waals surface area contributed by atoms with Crippen LogP contribution in [0.2, 0.25) is 0 Å². The molecule has 180 valence electrons. The highest BCUT2D eigenvalue weighted by Crippen LogP contribution is 2.31. The Balaban J connectivity index is 1.20. The Morgan fingerprint density at radius 3 is 2.80 bits per heavy atom. The number of aromatic nitrogens is 5. The standard InChI is InChI=1S/C25H28N8OS/c1-16(2)32-9-7-31(8-10-32)15-19-13-29-25(35-19)30-22-23-26-5-6-33(23)21(14-27-22)17-3-4-20-18(11-17)12-28-24(20)34/h3-6,11-14,16,28,34H,7-10,15H2,1-2H3,(H,27,29,30). The molecule has 0 saturated carbocycles. The predicted molar refractivity (Wildman–Crippen MR) is 139 cm³/mol. The number of aromatic hydroxyl groups is 1. The normalized spacial score (nSPS) is 15.5. The van der Waals surface area contributed by atoms with Gasteiger partial charge in [-0.2, -0.15) is 0 Å². The Kier molecular flexibility index (Phi) is 5.63. The number of hydrogen-bond donors (Lipinski definition) is 3.